The number of carbonyl (C=O) groups is 1. The van der Waals surface area contributed by atoms with Crippen molar-refractivity contribution in [2.24, 2.45) is 0 Å². The van der Waals surface area contributed by atoms with Gasteiger partial charge in [-0.2, -0.15) is 5.10 Å². The van der Waals surface area contributed by atoms with Crippen LogP contribution in [0.25, 0.3) is 11.1 Å². The van der Waals surface area contributed by atoms with Crippen LogP contribution < -0.4 is 5.32 Å². The van der Waals surface area contributed by atoms with Gasteiger partial charge in [0.05, 0.1) is 6.54 Å². The Morgan fingerprint density at radius 2 is 1.75 bits per heavy atom. The number of hydrogen-bond donors (Lipinski definition) is 1. The number of nitrogens with zero attached hydrogens (tertiary/aromatic N) is 3. The molecule has 0 atom stereocenters. The number of benzene rings is 2. The summed E-state index contributed by atoms with van der Waals surface area (Å²) in [5.41, 5.74) is 4.71. The zero-order chi connectivity index (χ0) is 19.2. The van der Waals surface area contributed by atoms with Crippen molar-refractivity contribution in [1.82, 2.24) is 20.1 Å². The molecule has 0 radical (unpaired) electrons. The van der Waals surface area contributed by atoms with Crippen LogP contribution in [-0.2, 0) is 13.1 Å². The van der Waals surface area contributed by atoms with Crippen LogP contribution in [0.4, 0.5) is 0 Å². The van der Waals surface area contributed by atoms with Gasteiger partial charge in [0.15, 0.2) is 0 Å². The van der Waals surface area contributed by atoms with E-state index in [2.05, 4.69) is 27.5 Å². The summed E-state index contributed by atoms with van der Waals surface area (Å²) in [6.45, 7) is 1.17. The van der Waals surface area contributed by atoms with Crippen LogP contribution in [0, 0.1) is 0 Å². The Morgan fingerprint density at radius 3 is 2.50 bits per heavy atom. The quantitative estimate of drug-likeness (QED) is 0.561. The molecule has 1 amide bonds. The van der Waals surface area contributed by atoms with Gasteiger partial charge in [0, 0.05) is 36.9 Å². The third-order valence-corrected chi connectivity index (χ3v) is 4.52. The zero-order valence-electron chi connectivity index (χ0n) is 15.3. The van der Waals surface area contributed by atoms with Crippen molar-refractivity contribution in [2.45, 2.75) is 13.1 Å². The van der Waals surface area contributed by atoms with E-state index in [9.17, 15) is 4.79 Å². The SMILES string of the molecule is O=C(NCc1cccnc1)c1ccccc1-c1ccc(Cn2cccn2)cc1. The van der Waals surface area contributed by atoms with Gasteiger partial charge in [-0.25, -0.2) is 0 Å². The first-order chi connectivity index (χ1) is 13.8. The number of rotatable bonds is 6. The average molecular weight is 368 g/mol. The summed E-state index contributed by atoms with van der Waals surface area (Å²) in [5.74, 6) is -0.0972. The van der Waals surface area contributed by atoms with Crippen LogP contribution in [0.2, 0.25) is 0 Å². The van der Waals surface area contributed by atoms with E-state index in [0.29, 0.717) is 12.1 Å². The molecule has 4 aromatic rings. The predicted molar refractivity (Wildman–Crippen MR) is 109 cm³/mol. The van der Waals surface area contributed by atoms with Crippen molar-refractivity contribution < 1.29 is 4.79 Å². The molecular weight excluding hydrogens is 348 g/mol. The van der Waals surface area contributed by atoms with Gasteiger partial charge in [-0.15, -0.1) is 0 Å². The maximum Gasteiger partial charge on any atom is 0.252 e. The molecule has 0 spiro atoms. The van der Waals surface area contributed by atoms with Gasteiger partial charge >= 0.3 is 0 Å². The predicted octanol–water partition coefficient (Wildman–Crippen LogP) is 3.92. The summed E-state index contributed by atoms with van der Waals surface area (Å²) in [6, 6.07) is 21.6. The molecule has 0 aliphatic heterocycles. The molecule has 0 unspecified atom stereocenters. The molecule has 5 nitrogen and oxygen atoms in total. The number of pyridine rings is 1. The normalized spacial score (nSPS) is 10.6. The Balaban J connectivity index is 1.51. The third kappa shape index (κ3) is 4.15. The van der Waals surface area contributed by atoms with Gasteiger partial charge in [0.2, 0.25) is 0 Å². The molecule has 138 valence electrons. The standard InChI is InChI=1S/C23H20N4O/c28-23(25-16-19-5-3-12-24-15-19)22-7-2-1-6-21(22)20-10-8-18(9-11-20)17-27-14-4-13-26-27/h1-15H,16-17H2,(H,25,28). The number of carbonyl (C=O) groups excluding carboxylic acids is 1. The highest BCUT2D eigenvalue weighted by molar-refractivity contribution is 6.00. The third-order valence-electron chi connectivity index (χ3n) is 4.52. The second-order valence-corrected chi connectivity index (χ2v) is 6.49. The minimum absolute atomic E-state index is 0.0972. The van der Waals surface area contributed by atoms with E-state index >= 15 is 0 Å². The van der Waals surface area contributed by atoms with Crippen molar-refractivity contribution in [3.63, 3.8) is 0 Å². The molecule has 2 heterocycles. The highest BCUT2D eigenvalue weighted by atomic mass is 16.1. The second-order valence-electron chi connectivity index (χ2n) is 6.49. The molecule has 0 aliphatic carbocycles. The van der Waals surface area contributed by atoms with E-state index in [-0.39, 0.29) is 5.91 Å². The van der Waals surface area contributed by atoms with Crippen LogP contribution >= 0.6 is 0 Å². The van der Waals surface area contributed by atoms with E-state index in [1.807, 2.05) is 65.5 Å². The first-order valence-electron chi connectivity index (χ1n) is 9.12. The van der Waals surface area contributed by atoms with Crippen molar-refractivity contribution in [3.05, 3.63) is 108 Å². The Labute approximate surface area is 163 Å². The highest BCUT2D eigenvalue weighted by Crippen LogP contribution is 2.24. The summed E-state index contributed by atoms with van der Waals surface area (Å²) in [6.07, 6.45) is 7.19. The lowest BCUT2D eigenvalue weighted by Crippen LogP contribution is -2.23. The summed E-state index contributed by atoms with van der Waals surface area (Å²) >= 11 is 0. The Hall–Kier alpha value is -3.73. The largest absolute Gasteiger partial charge is 0.348 e. The first-order valence-corrected chi connectivity index (χ1v) is 9.12. The minimum Gasteiger partial charge on any atom is -0.348 e. The van der Waals surface area contributed by atoms with Gasteiger partial charge in [-0.3, -0.25) is 14.5 Å². The number of amides is 1. The van der Waals surface area contributed by atoms with Gasteiger partial charge in [-0.1, -0.05) is 48.5 Å². The molecule has 0 saturated heterocycles. The number of hydrogen-bond acceptors (Lipinski definition) is 3. The smallest absolute Gasteiger partial charge is 0.252 e. The van der Waals surface area contributed by atoms with E-state index < -0.39 is 0 Å². The second kappa shape index (κ2) is 8.31. The Kier molecular flexibility index (Phi) is 5.24. The van der Waals surface area contributed by atoms with E-state index in [1.54, 1.807) is 18.6 Å². The lowest BCUT2D eigenvalue weighted by molar-refractivity contribution is 0.0951. The summed E-state index contributed by atoms with van der Waals surface area (Å²) < 4.78 is 1.88. The maximum absolute atomic E-state index is 12.7. The molecule has 0 saturated carbocycles. The van der Waals surface area contributed by atoms with Crippen molar-refractivity contribution in [1.29, 1.82) is 0 Å². The number of nitrogens with one attached hydrogen (secondary N) is 1. The maximum atomic E-state index is 12.7. The summed E-state index contributed by atoms with van der Waals surface area (Å²) in [4.78, 5) is 16.8. The highest BCUT2D eigenvalue weighted by Gasteiger charge is 2.12. The fourth-order valence-corrected chi connectivity index (χ4v) is 3.08. The molecule has 0 fully saturated rings. The lowest BCUT2D eigenvalue weighted by Gasteiger charge is -2.11. The lowest BCUT2D eigenvalue weighted by atomic mass is 9.98. The topological polar surface area (TPSA) is 59.8 Å². The van der Waals surface area contributed by atoms with E-state index in [4.69, 9.17) is 0 Å². The van der Waals surface area contributed by atoms with Crippen LogP contribution in [-0.4, -0.2) is 20.7 Å². The molecule has 5 heteroatoms. The monoisotopic (exact) mass is 368 g/mol. The average Bonchev–Trinajstić information content (AvgIpc) is 3.26. The van der Waals surface area contributed by atoms with E-state index in [1.165, 1.54) is 0 Å². The van der Waals surface area contributed by atoms with Crippen molar-refractivity contribution in [2.75, 3.05) is 0 Å². The van der Waals surface area contributed by atoms with Gasteiger partial charge < -0.3 is 5.32 Å². The molecule has 0 bridgehead atoms. The molecule has 28 heavy (non-hydrogen) atoms. The molecule has 2 aromatic carbocycles. The van der Waals surface area contributed by atoms with Crippen LogP contribution in [0.3, 0.4) is 0 Å². The molecule has 4 rings (SSSR count). The fraction of sp³-hybridized carbons (Fsp3) is 0.0870. The molecule has 2 aromatic heterocycles. The van der Waals surface area contributed by atoms with Gasteiger partial charge in [0.25, 0.3) is 5.91 Å². The summed E-state index contributed by atoms with van der Waals surface area (Å²) in [5, 5.41) is 7.21. The van der Waals surface area contributed by atoms with Crippen LogP contribution in [0.5, 0.6) is 0 Å². The van der Waals surface area contributed by atoms with Crippen molar-refractivity contribution in [3.8, 4) is 11.1 Å². The fourth-order valence-electron chi connectivity index (χ4n) is 3.08. The first kappa shape index (κ1) is 17.7. The molecule has 1 N–H and O–H groups in total. The van der Waals surface area contributed by atoms with E-state index in [0.717, 1.165) is 28.8 Å². The number of aromatic nitrogens is 3. The molecule has 0 aliphatic rings. The Morgan fingerprint density at radius 1 is 0.893 bits per heavy atom. The van der Waals surface area contributed by atoms with Gasteiger partial charge in [-0.05, 0) is 40.5 Å². The summed E-state index contributed by atoms with van der Waals surface area (Å²) in [7, 11) is 0. The Bertz CT molecular complexity index is 1040. The molecular formula is C23H20N4O. The minimum atomic E-state index is -0.0972. The zero-order valence-corrected chi connectivity index (χ0v) is 15.3. The van der Waals surface area contributed by atoms with Crippen molar-refractivity contribution >= 4 is 5.91 Å². The van der Waals surface area contributed by atoms with Crippen LogP contribution in [0.1, 0.15) is 21.5 Å². The van der Waals surface area contributed by atoms with Gasteiger partial charge in [0.1, 0.15) is 0 Å². The van der Waals surface area contributed by atoms with Crippen LogP contribution in [0.15, 0.2) is 91.5 Å².